The maximum absolute atomic E-state index is 14.1. The Labute approximate surface area is 293 Å². The Bertz CT molecular complexity index is 1730. The van der Waals surface area contributed by atoms with Gasteiger partial charge >= 0.3 is 89.3 Å². The van der Waals surface area contributed by atoms with E-state index < -0.39 is 47.7 Å². The summed E-state index contributed by atoms with van der Waals surface area (Å²) in [6.45, 7) is 4.82. The smallest absolute Gasteiger partial charge is 1.00 e. The number of aryl methyl sites for hydroxylation is 2. The fourth-order valence-corrected chi connectivity index (χ4v) is 6.30. The molecule has 0 saturated heterocycles. The van der Waals surface area contributed by atoms with Gasteiger partial charge in [0.1, 0.15) is 16.4 Å². The third kappa shape index (κ3) is 8.81. The van der Waals surface area contributed by atoms with E-state index in [4.69, 9.17) is 14.3 Å². The second-order valence-corrected chi connectivity index (χ2v) is 12.0. The molecule has 0 spiro atoms. The number of carbonyl (C=O) groups is 2. The molecule has 0 aliphatic rings. The average molecular weight is 661 g/mol. The minimum absolute atomic E-state index is 0. The number of hydrogen-bond donors (Lipinski definition) is 2. The molecule has 1 heterocycles. The number of guanidine groups is 1. The number of hydrogen-bond acceptors (Lipinski definition) is 11. The number of ether oxygens (including phenoxy) is 2. The molecule has 14 nitrogen and oxygen atoms in total. The molecule has 3 rings (SSSR count). The molecule has 0 bridgehead atoms. The van der Waals surface area contributed by atoms with Gasteiger partial charge in [0.15, 0.2) is 0 Å². The Morgan fingerprint density at radius 2 is 1.35 bits per heavy atom. The molecule has 0 aliphatic heterocycles. The fraction of sp³-hybridized carbons (Fsp3) is 0.269. The summed E-state index contributed by atoms with van der Waals surface area (Å²) in [5.74, 6) is -2.84. The van der Waals surface area contributed by atoms with E-state index in [0.29, 0.717) is 17.8 Å². The van der Waals surface area contributed by atoms with Gasteiger partial charge < -0.3 is 15.7 Å². The first-order valence-electron chi connectivity index (χ1n) is 12.4. The SMILES string of the molecule is CCCO[N+](=C(Nc1nc(C)cc(C)n1)NS(=O)(=O)c1ccccc1C(=O)OC)S(=O)(=O)c1ccccc1C(=O)OC.[H-].[K+]. The van der Waals surface area contributed by atoms with E-state index >= 15 is 0 Å². The predicted molar refractivity (Wildman–Crippen MR) is 151 cm³/mol. The molecule has 0 fully saturated rings. The van der Waals surface area contributed by atoms with Crippen LogP contribution in [0.1, 0.15) is 46.9 Å². The normalized spacial score (nSPS) is 11.8. The van der Waals surface area contributed by atoms with Gasteiger partial charge in [-0.3, -0.25) is 0 Å². The summed E-state index contributed by atoms with van der Waals surface area (Å²) in [7, 11) is -7.39. The van der Waals surface area contributed by atoms with Gasteiger partial charge in [0, 0.05) is 15.5 Å². The first kappa shape index (κ1) is 36.3. The van der Waals surface area contributed by atoms with Gasteiger partial charge in [0.05, 0.1) is 25.3 Å². The van der Waals surface area contributed by atoms with Gasteiger partial charge in [-0.1, -0.05) is 31.2 Å². The Kier molecular flexibility index (Phi) is 13.2. The summed E-state index contributed by atoms with van der Waals surface area (Å²) in [6.07, 6.45) is 0.315. The van der Waals surface area contributed by atoms with Gasteiger partial charge in [-0.15, -0.1) is 0 Å². The van der Waals surface area contributed by atoms with E-state index in [9.17, 15) is 26.4 Å². The van der Waals surface area contributed by atoms with E-state index in [0.717, 1.165) is 26.4 Å². The molecule has 3 aromatic rings. The van der Waals surface area contributed by atoms with Crippen LogP contribution >= 0.6 is 0 Å². The summed E-state index contributed by atoms with van der Waals surface area (Å²) in [6, 6.07) is 12.0. The van der Waals surface area contributed by atoms with Crippen LogP contribution in [-0.4, -0.2) is 69.7 Å². The van der Waals surface area contributed by atoms with Crippen LogP contribution in [0, 0.1) is 13.8 Å². The number of anilines is 1. The number of rotatable bonds is 10. The largest absolute Gasteiger partial charge is 1.00 e. The topological polar surface area (TPSA) is 183 Å². The fourth-order valence-electron chi connectivity index (χ4n) is 3.65. The van der Waals surface area contributed by atoms with Crippen LogP contribution < -0.4 is 61.4 Å². The molecule has 0 atom stereocenters. The van der Waals surface area contributed by atoms with Crippen LogP contribution in [0.2, 0.25) is 0 Å². The van der Waals surface area contributed by atoms with Crippen LogP contribution in [0.15, 0.2) is 64.4 Å². The number of aromatic nitrogens is 2. The van der Waals surface area contributed by atoms with Crippen molar-refractivity contribution in [1.29, 1.82) is 0 Å². The number of esters is 2. The Hall–Kier alpha value is -2.93. The van der Waals surface area contributed by atoms with E-state index in [1.165, 1.54) is 36.4 Å². The number of carbonyl (C=O) groups excluding carboxylic acids is 2. The summed E-state index contributed by atoms with van der Waals surface area (Å²) >= 11 is 0. The quantitative estimate of drug-likeness (QED) is 0.0696. The molecule has 2 N–H and O–H groups in total. The van der Waals surface area contributed by atoms with E-state index in [1.807, 2.05) is 0 Å². The molecular weight excluding hydrogens is 630 g/mol. The zero-order valence-electron chi connectivity index (χ0n) is 25.4. The minimum Gasteiger partial charge on any atom is -1.00 e. The van der Waals surface area contributed by atoms with E-state index in [-0.39, 0.29) is 80.6 Å². The summed E-state index contributed by atoms with van der Waals surface area (Å²) in [5.41, 5.74) is 0.340. The zero-order valence-corrected chi connectivity index (χ0v) is 29.2. The van der Waals surface area contributed by atoms with Gasteiger partial charge in [-0.05, 0) is 50.6 Å². The Balaban J connectivity index is 0.00000484. The van der Waals surface area contributed by atoms with Crippen LogP contribution in [0.4, 0.5) is 5.95 Å². The number of methoxy groups -OCH3 is 2. The van der Waals surface area contributed by atoms with Crippen molar-refractivity contribution >= 4 is 43.9 Å². The second kappa shape index (κ2) is 15.7. The van der Waals surface area contributed by atoms with Crippen molar-refractivity contribution < 1.29 is 97.7 Å². The van der Waals surface area contributed by atoms with Crippen LogP contribution in [0.25, 0.3) is 0 Å². The molecule has 1 aromatic heterocycles. The van der Waals surface area contributed by atoms with Crippen molar-refractivity contribution in [3.05, 3.63) is 77.1 Å². The van der Waals surface area contributed by atoms with E-state index in [2.05, 4.69) is 20.0 Å². The van der Waals surface area contributed by atoms with E-state index in [1.54, 1.807) is 26.8 Å². The minimum atomic E-state index is -4.85. The van der Waals surface area contributed by atoms with Crippen molar-refractivity contribution in [3.63, 3.8) is 0 Å². The summed E-state index contributed by atoms with van der Waals surface area (Å²) in [5, 5.41) is 2.59. The van der Waals surface area contributed by atoms with Gasteiger partial charge in [0.2, 0.25) is 0 Å². The number of nitrogens with one attached hydrogen (secondary N) is 2. The molecular formula is C26H31KN5O9S2+. The first-order valence-corrected chi connectivity index (χ1v) is 15.3. The van der Waals surface area contributed by atoms with Crippen LogP contribution in [-0.2, 0) is 34.4 Å². The van der Waals surface area contributed by atoms with Gasteiger partial charge in [0.25, 0.3) is 5.95 Å². The van der Waals surface area contributed by atoms with Gasteiger partial charge in [-0.2, -0.15) is 21.6 Å². The number of sulfonamides is 2. The van der Waals surface area contributed by atoms with Crippen molar-refractivity contribution in [1.82, 2.24) is 14.7 Å². The molecule has 2 aromatic carbocycles. The number of benzene rings is 2. The Morgan fingerprint density at radius 3 is 1.86 bits per heavy atom. The van der Waals surface area contributed by atoms with Crippen molar-refractivity contribution in [2.45, 2.75) is 37.0 Å². The standard InChI is InChI=1S/C26H29N5O9S2.K.H/c1-6-15-40-31(42(36,37)22-14-10-8-12-20(22)24(33)39-5)26(29-25-27-17(2)16-18(3)28-25)30-41(34,35)21-13-9-7-11-19(21)23(32)38-4;;/h7-14,16H,6,15H2,1-5H3,(H,27,28,29,30);;/q;+1;-1/p+1. The van der Waals surface area contributed by atoms with Crippen molar-refractivity contribution in [3.8, 4) is 0 Å². The van der Waals surface area contributed by atoms with Crippen LogP contribution in [0.5, 0.6) is 0 Å². The molecule has 226 valence electrons. The summed E-state index contributed by atoms with van der Waals surface area (Å²) in [4.78, 5) is 37.7. The molecule has 0 radical (unpaired) electrons. The Morgan fingerprint density at radius 1 is 0.860 bits per heavy atom. The third-order valence-corrected chi connectivity index (χ3v) is 8.44. The van der Waals surface area contributed by atoms with Crippen molar-refractivity contribution in [2.75, 3.05) is 26.1 Å². The average Bonchev–Trinajstić information content (AvgIpc) is 2.95. The van der Waals surface area contributed by atoms with Crippen molar-refractivity contribution in [2.24, 2.45) is 0 Å². The third-order valence-electron chi connectivity index (χ3n) is 5.41. The number of nitrogens with zero attached hydrogens (tertiary/aromatic N) is 3. The maximum Gasteiger partial charge on any atom is 1.00 e. The predicted octanol–water partition coefficient (Wildman–Crippen LogP) is -0.727. The molecule has 43 heavy (non-hydrogen) atoms. The van der Waals surface area contributed by atoms with Crippen LogP contribution in [0.3, 0.4) is 0 Å². The molecule has 0 unspecified atom stereocenters. The summed E-state index contributed by atoms with van der Waals surface area (Å²) < 4.78 is 67.4. The van der Waals surface area contributed by atoms with Gasteiger partial charge in [-0.25, -0.2) is 24.9 Å². The first-order chi connectivity index (χ1) is 19.8. The molecule has 17 heteroatoms. The second-order valence-electron chi connectivity index (χ2n) is 8.59. The molecule has 0 amide bonds. The molecule has 0 aliphatic carbocycles. The maximum atomic E-state index is 14.1. The zero-order chi connectivity index (χ0) is 31.1. The molecule has 0 saturated carbocycles. The monoisotopic (exact) mass is 660 g/mol.